The molecule has 0 fully saturated rings. The molecule has 0 amide bonds. The molecular weight excluding hydrogens is 367 g/mol. The Kier molecular flexibility index (Phi) is 4.86. The molecule has 20 heavy (non-hydrogen) atoms. The maximum atomic E-state index is 11.0. The lowest BCUT2D eigenvalue weighted by Gasteiger charge is -2.09. The van der Waals surface area contributed by atoms with E-state index in [-0.39, 0.29) is 5.69 Å². The van der Waals surface area contributed by atoms with Crippen LogP contribution in [0.1, 0.15) is 5.56 Å². The number of nitrogens with one attached hydrogen (secondary N) is 1. The lowest BCUT2D eigenvalue weighted by atomic mass is 10.2. The maximum Gasteiger partial charge on any atom is 0.293 e. The number of halogens is 3. The molecule has 1 N–H and O–H groups in total. The molecule has 0 aliphatic carbocycles. The third-order valence-electron chi connectivity index (χ3n) is 2.63. The van der Waals surface area contributed by atoms with Crippen LogP contribution in [0.3, 0.4) is 0 Å². The van der Waals surface area contributed by atoms with E-state index in [9.17, 15) is 10.1 Å². The summed E-state index contributed by atoms with van der Waals surface area (Å²) in [5.41, 5.74) is 1.20. The van der Waals surface area contributed by atoms with Crippen LogP contribution in [-0.2, 0) is 6.54 Å². The van der Waals surface area contributed by atoms with Gasteiger partial charge < -0.3 is 5.32 Å². The van der Waals surface area contributed by atoms with Gasteiger partial charge in [-0.15, -0.1) is 0 Å². The first-order valence-electron chi connectivity index (χ1n) is 5.59. The summed E-state index contributed by atoms with van der Waals surface area (Å²) in [7, 11) is 0. The number of nitro groups is 1. The normalized spacial score (nSPS) is 10.3. The molecule has 0 aliphatic heterocycles. The quantitative estimate of drug-likeness (QED) is 0.584. The predicted molar refractivity (Wildman–Crippen MR) is 84.6 cm³/mol. The molecule has 104 valence electrons. The molecule has 0 aliphatic rings. The average molecular weight is 376 g/mol. The van der Waals surface area contributed by atoms with Crippen LogP contribution < -0.4 is 5.32 Å². The van der Waals surface area contributed by atoms with E-state index in [0.717, 1.165) is 5.56 Å². The molecule has 2 rings (SSSR count). The van der Waals surface area contributed by atoms with Crippen molar-refractivity contribution in [1.82, 2.24) is 0 Å². The number of nitrogens with zero attached hydrogens (tertiary/aromatic N) is 1. The van der Waals surface area contributed by atoms with Crippen LogP contribution >= 0.6 is 39.1 Å². The van der Waals surface area contributed by atoms with E-state index < -0.39 is 4.92 Å². The van der Waals surface area contributed by atoms with Gasteiger partial charge in [0.2, 0.25) is 0 Å². The Morgan fingerprint density at radius 2 is 1.95 bits per heavy atom. The van der Waals surface area contributed by atoms with E-state index in [0.29, 0.717) is 26.8 Å². The molecule has 2 aromatic rings. The number of rotatable bonds is 4. The van der Waals surface area contributed by atoms with Crippen molar-refractivity contribution in [2.75, 3.05) is 5.32 Å². The van der Waals surface area contributed by atoms with Crippen molar-refractivity contribution in [3.8, 4) is 0 Å². The Labute approximate surface area is 134 Å². The molecule has 0 aromatic heterocycles. The second-order valence-electron chi connectivity index (χ2n) is 4.01. The molecule has 0 bridgehead atoms. The fourth-order valence-electron chi connectivity index (χ4n) is 1.67. The molecule has 0 heterocycles. The number of hydrogen-bond donors (Lipinski definition) is 1. The third kappa shape index (κ3) is 3.62. The van der Waals surface area contributed by atoms with Crippen LogP contribution in [0, 0.1) is 10.1 Å². The molecule has 7 heteroatoms. The third-order valence-corrected chi connectivity index (χ3v) is 3.73. The van der Waals surface area contributed by atoms with E-state index in [1.807, 2.05) is 0 Å². The summed E-state index contributed by atoms with van der Waals surface area (Å²) in [6, 6.07) is 9.92. The van der Waals surface area contributed by atoms with Gasteiger partial charge in [0.15, 0.2) is 0 Å². The van der Waals surface area contributed by atoms with Crippen molar-refractivity contribution < 1.29 is 4.92 Å². The van der Waals surface area contributed by atoms with Crippen LogP contribution in [0.2, 0.25) is 10.0 Å². The number of nitro benzene ring substituents is 1. The molecule has 0 saturated heterocycles. The molecule has 0 unspecified atom stereocenters. The summed E-state index contributed by atoms with van der Waals surface area (Å²) >= 11 is 15.2. The largest absolute Gasteiger partial charge is 0.375 e. The topological polar surface area (TPSA) is 55.2 Å². The molecule has 0 spiro atoms. The molecule has 4 nitrogen and oxygen atoms in total. The van der Waals surface area contributed by atoms with Crippen LogP contribution in [0.5, 0.6) is 0 Å². The Morgan fingerprint density at radius 3 is 2.65 bits per heavy atom. The van der Waals surface area contributed by atoms with Gasteiger partial charge in [-0.05, 0) is 35.9 Å². The van der Waals surface area contributed by atoms with E-state index >= 15 is 0 Å². The molecule has 0 saturated carbocycles. The summed E-state index contributed by atoms with van der Waals surface area (Å²) < 4.78 is 0.649. The first-order chi connectivity index (χ1) is 9.47. The molecule has 0 radical (unpaired) electrons. The highest BCUT2D eigenvalue weighted by atomic mass is 79.9. The second kappa shape index (κ2) is 6.43. The number of hydrogen-bond acceptors (Lipinski definition) is 3. The van der Waals surface area contributed by atoms with Crippen molar-refractivity contribution >= 4 is 50.5 Å². The van der Waals surface area contributed by atoms with Gasteiger partial charge in [-0.25, -0.2) is 0 Å². The minimum Gasteiger partial charge on any atom is -0.375 e. The van der Waals surface area contributed by atoms with E-state index in [2.05, 4.69) is 21.2 Å². The Morgan fingerprint density at radius 1 is 1.20 bits per heavy atom. The lowest BCUT2D eigenvalue weighted by molar-refractivity contribution is -0.384. The highest BCUT2D eigenvalue weighted by molar-refractivity contribution is 9.10. The van der Waals surface area contributed by atoms with Crippen LogP contribution in [0.25, 0.3) is 0 Å². The van der Waals surface area contributed by atoms with Gasteiger partial charge in [-0.1, -0.05) is 39.1 Å². The van der Waals surface area contributed by atoms with E-state index in [4.69, 9.17) is 23.2 Å². The first kappa shape index (κ1) is 15.1. The predicted octanol–water partition coefficient (Wildman–Crippen LogP) is 5.28. The first-order valence-corrected chi connectivity index (χ1v) is 7.14. The van der Waals surface area contributed by atoms with Gasteiger partial charge >= 0.3 is 0 Å². The summed E-state index contributed by atoms with van der Waals surface area (Å²) in [6.07, 6.45) is 0. The van der Waals surface area contributed by atoms with Crippen molar-refractivity contribution in [3.63, 3.8) is 0 Å². The molecule has 2 aromatic carbocycles. The zero-order chi connectivity index (χ0) is 14.7. The van der Waals surface area contributed by atoms with Crippen LogP contribution in [0.15, 0.2) is 40.9 Å². The van der Waals surface area contributed by atoms with E-state index in [1.54, 1.807) is 30.3 Å². The van der Waals surface area contributed by atoms with Gasteiger partial charge in [-0.2, -0.15) is 0 Å². The maximum absolute atomic E-state index is 11.0. The highest BCUT2D eigenvalue weighted by Gasteiger charge is 2.14. The van der Waals surface area contributed by atoms with Gasteiger partial charge in [0.1, 0.15) is 5.69 Å². The standard InChI is InChI=1S/C13H9BrCl2N2O2/c14-9-1-4-12(13(6-9)18(19)20)17-7-8-5-10(15)2-3-11(8)16/h1-6,17H,7H2. The van der Waals surface area contributed by atoms with Gasteiger partial charge in [-0.3, -0.25) is 10.1 Å². The van der Waals surface area contributed by atoms with Crippen LogP contribution in [0.4, 0.5) is 11.4 Å². The SMILES string of the molecule is O=[N+]([O-])c1cc(Br)ccc1NCc1cc(Cl)ccc1Cl. The zero-order valence-electron chi connectivity index (χ0n) is 10.1. The van der Waals surface area contributed by atoms with Gasteiger partial charge in [0.25, 0.3) is 5.69 Å². The lowest BCUT2D eigenvalue weighted by Crippen LogP contribution is -2.03. The van der Waals surface area contributed by atoms with Crippen molar-refractivity contribution in [1.29, 1.82) is 0 Å². The van der Waals surface area contributed by atoms with Crippen molar-refractivity contribution in [2.24, 2.45) is 0 Å². The van der Waals surface area contributed by atoms with Gasteiger partial charge in [0.05, 0.1) is 4.92 Å². The monoisotopic (exact) mass is 374 g/mol. The van der Waals surface area contributed by atoms with Crippen molar-refractivity contribution in [2.45, 2.75) is 6.54 Å². The highest BCUT2D eigenvalue weighted by Crippen LogP contribution is 2.29. The van der Waals surface area contributed by atoms with Crippen molar-refractivity contribution in [3.05, 3.63) is 66.6 Å². The Balaban J connectivity index is 2.23. The summed E-state index contributed by atoms with van der Waals surface area (Å²) in [6.45, 7) is 0.349. The fourth-order valence-corrected chi connectivity index (χ4v) is 2.40. The van der Waals surface area contributed by atoms with Gasteiger partial charge in [0, 0.05) is 27.1 Å². The summed E-state index contributed by atoms with van der Waals surface area (Å²) in [5.74, 6) is 0. The number of anilines is 1. The fraction of sp³-hybridized carbons (Fsp3) is 0.0769. The number of benzene rings is 2. The van der Waals surface area contributed by atoms with Crippen LogP contribution in [-0.4, -0.2) is 4.92 Å². The molecule has 0 atom stereocenters. The second-order valence-corrected chi connectivity index (χ2v) is 5.77. The Hall–Kier alpha value is -1.30. The summed E-state index contributed by atoms with van der Waals surface area (Å²) in [4.78, 5) is 10.6. The minimum absolute atomic E-state index is 0.00229. The molecular formula is C13H9BrCl2N2O2. The zero-order valence-corrected chi connectivity index (χ0v) is 13.2. The smallest absolute Gasteiger partial charge is 0.293 e. The minimum atomic E-state index is -0.438. The Bertz CT molecular complexity index is 665. The average Bonchev–Trinajstić information content (AvgIpc) is 2.40. The van der Waals surface area contributed by atoms with E-state index in [1.165, 1.54) is 6.07 Å². The summed E-state index contributed by atoms with van der Waals surface area (Å²) in [5, 5.41) is 15.1.